The first-order valence-corrected chi connectivity index (χ1v) is 12.2. The van der Waals surface area contributed by atoms with Crippen molar-refractivity contribution in [2.45, 2.75) is 0 Å². The summed E-state index contributed by atoms with van der Waals surface area (Å²) in [6.07, 6.45) is 6.29. The van der Waals surface area contributed by atoms with Gasteiger partial charge in [0.15, 0.2) is 0 Å². The van der Waals surface area contributed by atoms with Crippen LogP contribution >= 0.6 is 0 Å². The van der Waals surface area contributed by atoms with Gasteiger partial charge in [0.1, 0.15) is 0 Å². The minimum absolute atomic E-state index is 0.00777. The molecule has 5 aromatic rings. The van der Waals surface area contributed by atoms with Crippen LogP contribution in [0.25, 0.3) is 0 Å². The summed E-state index contributed by atoms with van der Waals surface area (Å²) in [5, 5.41) is 0. The van der Waals surface area contributed by atoms with Crippen molar-refractivity contribution >= 4 is 78.4 Å². The van der Waals surface area contributed by atoms with Gasteiger partial charge in [0, 0.05) is 24.9 Å². The van der Waals surface area contributed by atoms with E-state index >= 15 is 0 Å². The average Bonchev–Trinajstić information content (AvgIpc) is 2.97. The highest BCUT2D eigenvalue weighted by Crippen LogP contribution is 2.14. The number of hydrogen-bond acceptors (Lipinski definition) is 18. The molecule has 18 heteroatoms. The molecule has 0 spiro atoms. The predicted molar refractivity (Wildman–Crippen MR) is 163 cm³/mol. The van der Waals surface area contributed by atoms with E-state index in [9.17, 15) is 0 Å². The van der Waals surface area contributed by atoms with Gasteiger partial charge in [0.2, 0.25) is 29.7 Å². The lowest BCUT2D eigenvalue weighted by atomic mass is 10.1. The Labute approximate surface area is 242 Å². The second-order valence-electron chi connectivity index (χ2n) is 8.36. The third kappa shape index (κ3) is 8.08. The van der Waals surface area contributed by atoms with Gasteiger partial charge in [-0.1, -0.05) is 48.5 Å². The van der Waals surface area contributed by atoms with Gasteiger partial charge in [-0.15, -0.1) is 0 Å². The Hall–Kier alpha value is -6.85. The number of aliphatic imine (C=N–C) groups is 4. The average molecular weight is 575 g/mol. The van der Waals surface area contributed by atoms with Crippen LogP contribution in [0.5, 0.6) is 0 Å². The second kappa shape index (κ2) is 12.6. The Kier molecular flexibility index (Phi) is 8.09. The molecule has 5 rings (SSSR count). The summed E-state index contributed by atoms with van der Waals surface area (Å²) in [5.41, 5.74) is 31.2. The molecular weight excluding hydrogens is 552 g/mol. The molecule has 0 radical (unpaired) electrons. The molecule has 3 aromatic heterocycles. The predicted octanol–water partition coefficient (Wildman–Crippen LogP) is 1.15. The smallest absolute Gasteiger partial charge is 0.256 e. The fourth-order valence-corrected chi connectivity index (χ4v) is 3.26. The van der Waals surface area contributed by atoms with Crippen LogP contribution in [0.3, 0.4) is 0 Å². The molecule has 0 aliphatic carbocycles. The third-order valence-electron chi connectivity index (χ3n) is 5.13. The van der Waals surface area contributed by atoms with Gasteiger partial charge in [-0.3, -0.25) is 0 Å². The van der Waals surface area contributed by atoms with Crippen molar-refractivity contribution in [2.24, 2.45) is 20.0 Å². The number of hydrogen-bond donors (Lipinski definition) is 5. The maximum atomic E-state index is 5.84. The van der Waals surface area contributed by atoms with Crippen LogP contribution in [0.15, 0.2) is 68.5 Å². The maximum Gasteiger partial charge on any atom is 0.256 e. The van der Waals surface area contributed by atoms with Gasteiger partial charge in [-0.25, -0.2) is 20.0 Å². The van der Waals surface area contributed by atoms with Crippen LogP contribution < -0.4 is 28.7 Å². The lowest BCUT2D eigenvalue weighted by Crippen LogP contribution is -2.01. The Morgan fingerprint density at radius 3 is 0.791 bits per heavy atom. The molecule has 0 aliphatic rings. The van der Waals surface area contributed by atoms with Crippen molar-refractivity contribution in [3.8, 4) is 0 Å². The van der Waals surface area contributed by atoms with Crippen LogP contribution in [-0.2, 0) is 0 Å². The highest BCUT2D eigenvalue weighted by atomic mass is 15.2. The zero-order valence-electron chi connectivity index (χ0n) is 22.1. The molecule has 212 valence electrons. The number of rotatable bonds is 8. The Balaban J connectivity index is 1.22. The Morgan fingerprint density at radius 2 is 0.535 bits per heavy atom. The molecule has 0 bridgehead atoms. The number of anilines is 5. The first-order chi connectivity index (χ1) is 20.8. The normalized spacial score (nSPS) is 11.8. The minimum atomic E-state index is -0.0216. The Morgan fingerprint density at radius 1 is 0.326 bits per heavy atom. The molecule has 0 amide bonds. The maximum absolute atomic E-state index is 5.84. The summed E-state index contributed by atoms with van der Waals surface area (Å²) in [5.74, 6) is 0.363. The summed E-state index contributed by atoms with van der Waals surface area (Å²) in [6, 6.07) is 14.6. The summed E-state index contributed by atoms with van der Waals surface area (Å²) >= 11 is 0. The van der Waals surface area contributed by atoms with Crippen LogP contribution in [-0.4, -0.2) is 69.7 Å². The van der Waals surface area contributed by atoms with Gasteiger partial charge in [-0.2, -0.15) is 44.9 Å². The number of nitrogens with two attached hydrogens (primary N) is 5. The largest absolute Gasteiger partial charge is 0.368 e. The minimum Gasteiger partial charge on any atom is -0.368 e. The van der Waals surface area contributed by atoms with Gasteiger partial charge >= 0.3 is 0 Å². The first-order valence-electron chi connectivity index (χ1n) is 12.2. The number of aromatic nitrogens is 9. The summed E-state index contributed by atoms with van der Waals surface area (Å²) in [7, 11) is 0. The van der Waals surface area contributed by atoms with E-state index in [1.165, 1.54) is 0 Å². The van der Waals surface area contributed by atoms with Crippen molar-refractivity contribution in [1.29, 1.82) is 0 Å². The van der Waals surface area contributed by atoms with Gasteiger partial charge < -0.3 is 28.7 Å². The molecular formula is C25H22N18. The van der Waals surface area contributed by atoms with E-state index in [0.717, 1.165) is 22.3 Å². The Bertz CT molecular complexity index is 1690. The molecule has 0 atom stereocenters. The summed E-state index contributed by atoms with van der Waals surface area (Å²) in [6.45, 7) is 0. The van der Waals surface area contributed by atoms with Crippen molar-refractivity contribution in [1.82, 2.24) is 44.9 Å². The first kappa shape index (κ1) is 27.7. The fraction of sp³-hybridized carbons (Fsp3) is 0. The monoisotopic (exact) mass is 574 g/mol. The van der Waals surface area contributed by atoms with E-state index in [2.05, 4.69) is 64.8 Å². The zero-order chi connectivity index (χ0) is 30.2. The van der Waals surface area contributed by atoms with E-state index in [1.807, 2.05) is 48.5 Å². The molecule has 10 N–H and O–H groups in total. The molecule has 43 heavy (non-hydrogen) atoms. The van der Waals surface area contributed by atoms with Crippen LogP contribution in [0.1, 0.15) is 22.3 Å². The van der Waals surface area contributed by atoms with Crippen molar-refractivity contribution < 1.29 is 0 Å². The molecule has 0 saturated carbocycles. The molecule has 3 heterocycles. The fourth-order valence-electron chi connectivity index (χ4n) is 3.26. The zero-order valence-corrected chi connectivity index (χ0v) is 22.1. The molecule has 0 aliphatic heterocycles. The van der Waals surface area contributed by atoms with Gasteiger partial charge in [-0.05, 0) is 22.3 Å². The molecule has 18 nitrogen and oxygen atoms in total. The van der Waals surface area contributed by atoms with Crippen LogP contribution in [0, 0.1) is 0 Å². The second-order valence-corrected chi connectivity index (χ2v) is 8.36. The molecule has 2 aromatic carbocycles. The molecule has 0 saturated heterocycles. The summed E-state index contributed by atoms with van der Waals surface area (Å²) < 4.78 is 0. The number of nitrogen functional groups attached to an aromatic ring is 5. The lowest BCUT2D eigenvalue weighted by molar-refractivity contribution is 1.04. The van der Waals surface area contributed by atoms with Crippen molar-refractivity contribution in [3.05, 3.63) is 70.8 Å². The number of benzene rings is 2. The highest BCUT2D eigenvalue weighted by Gasteiger charge is 2.03. The molecule has 0 fully saturated rings. The highest BCUT2D eigenvalue weighted by molar-refractivity contribution is 5.86. The van der Waals surface area contributed by atoms with Crippen LogP contribution in [0.2, 0.25) is 0 Å². The van der Waals surface area contributed by atoms with Gasteiger partial charge in [0.25, 0.3) is 23.8 Å². The van der Waals surface area contributed by atoms with E-state index in [0.29, 0.717) is 0 Å². The van der Waals surface area contributed by atoms with E-state index in [1.54, 1.807) is 24.9 Å². The van der Waals surface area contributed by atoms with E-state index in [-0.39, 0.29) is 53.5 Å². The lowest BCUT2D eigenvalue weighted by Gasteiger charge is -1.99. The van der Waals surface area contributed by atoms with E-state index in [4.69, 9.17) is 28.7 Å². The molecule has 0 unspecified atom stereocenters. The standard InChI is InChI=1S/C25H22N18/c26-17-35-18(27)38-22(37-17)31-9-13-1-5-15(6-2-13)11-33-24-41-21(30)42-25(43-24)34-12-16-7-3-14(4-8-16)10-32-23-39-19(28)36-20(29)40-23/h1-12H,(H2,30,41,42,43)(H4,26,27,35,37,38)(H4,28,29,36,39,40)/b31-9+,32-10+,33-11+,34-12+. The van der Waals surface area contributed by atoms with Gasteiger partial charge in [0.05, 0.1) is 0 Å². The SMILES string of the molecule is Nc1nc(N)nc(/N=C/c2ccc(/C=N/c3nc(N)nc(/N=C/c4ccc(/C=N/c5nc(N)nc(N)n5)cc4)n3)cc2)n1. The number of nitrogens with zero attached hydrogens (tertiary/aromatic N) is 13. The van der Waals surface area contributed by atoms with Crippen LogP contribution in [0.4, 0.5) is 53.5 Å². The third-order valence-corrected chi connectivity index (χ3v) is 5.13. The summed E-state index contributed by atoms with van der Waals surface area (Å²) in [4.78, 5) is 52.2. The van der Waals surface area contributed by atoms with Crippen molar-refractivity contribution in [3.63, 3.8) is 0 Å². The topological polar surface area (TPSA) is 296 Å². The van der Waals surface area contributed by atoms with Crippen molar-refractivity contribution in [2.75, 3.05) is 28.7 Å². The quantitative estimate of drug-likeness (QED) is 0.162. The van der Waals surface area contributed by atoms with E-state index < -0.39 is 0 Å².